The Morgan fingerprint density at radius 1 is 1.16 bits per heavy atom. The lowest BCUT2D eigenvalue weighted by atomic mass is 10.1. The van der Waals surface area contributed by atoms with Crippen molar-refractivity contribution in [3.05, 3.63) is 52.6 Å². The minimum atomic E-state index is -0.163. The maximum Gasteiger partial charge on any atom is 0.127 e. The molecular formula is C20H30FN3O. The SMILES string of the molecule is COCCN(Cc1ccccc1F)Cc1c(C)nn(C(C)(C)C)c1C. The maximum absolute atomic E-state index is 14.1. The van der Waals surface area contributed by atoms with Gasteiger partial charge in [-0.1, -0.05) is 18.2 Å². The molecule has 0 saturated carbocycles. The number of halogens is 1. The second-order valence-electron chi connectivity index (χ2n) is 7.53. The Labute approximate surface area is 150 Å². The van der Waals surface area contributed by atoms with Crippen LogP contribution < -0.4 is 0 Å². The van der Waals surface area contributed by atoms with Gasteiger partial charge in [0.2, 0.25) is 0 Å². The van der Waals surface area contributed by atoms with E-state index >= 15 is 0 Å². The van der Waals surface area contributed by atoms with Crippen LogP contribution in [0, 0.1) is 19.7 Å². The van der Waals surface area contributed by atoms with Crippen LogP contribution in [0.25, 0.3) is 0 Å². The van der Waals surface area contributed by atoms with E-state index in [2.05, 4.69) is 37.3 Å². The number of aromatic nitrogens is 2. The summed E-state index contributed by atoms with van der Waals surface area (Å²) >= 11 is 0. The number of ether oxygens (including phenoxy) is 1. The van der Waals surface area contributed by atoms with Gasteiger partial charge in [-0.25, -0.2) is 4.39 Å². The topological polar surface area (TPSA) is 30.3 Å². The van der Waals surface area contributed by atoms with Crippen molar-refractivity contribution in [2.24, 2.45) is 0 Å². The number of hydrogen-bond donors (Lipinski definition) is 0. The summed E-state index contributed by atoms with van der Waals surface area (Å²) in [5.41, 5.74) is 4.06. The van der Waals surface area contributed by atoms with Gasteiger partial charge in [0.05, 0.1) is 17.8 Å². The fourth-order valence-electron chi connectivity index (χ4n) is 3.08. The molecule has 4 nitrogen and oxygen atoms in total. The van der Waals surface area contributed by atoms with Crippen LogP contribution in [0.15, 0.2) is 24.3 Å². The summed E-state index contributed by atoms with van der Waals surface area (Å²) < 4.78 is 21.4. The summed E-state index contributed by atoms with van der Waals surface area (Å²) in [6.45, 7) is 13.2. The summed E-state index contributed by atoms with van der Waals surface area (Å²) in [6, 6.07) is 6.95. The number of aryl methyl sites for hydroxylation is 1. The molecule has 138 valence electrons. The molecule has 0 N–H and O–H groups in total. The lowest BCUT2D eigenvalue weighted by Crippen LogP contribution is -2.28. The molecule has 2 rings (SSSR count). The van der Waals surface area contributed by atoms with Gasteiger partial charge in [-0.15, -0.1) is 0 Å². The third-order valence-corrected chi connectivity index (χ3v) is 4.42. The summed E-state index contributed by atoms with van der Waals surface area (Å²) in [6.07, 6.45) is 0. The lowest BCUT2D eigenvalue weighted by Gasteiger charge is -2.24. The van der Waals surface area contributed by atoms with E-state index in [1.807, 2.05) is 19.1 Å². The van der Waals surface area contributed by atoms with Crippen LogP contribution in [0.4, 0.5) is 4.39 Å². The van der Waals surface area contributed by atoms with E-state index in [0.29, 0.717) is 18.7 Å². The van der Waals surface area contributed by atoms with E-state index in [1.54, 1.807) is 13.2 Å². The molecule has 0 unspecified atom stereocenters. The first-order valence-electron chi connectivity index (χ1n) is 8.74. The minimum absolute atomic E-state index is 0.0595. The molecule has 5 heteroatoms. The molecule has 2 aromatic rings. The predicted octanol–water partition coefficient (Wildman–Crippen LogP) is 4.04. The zero-order chi connectivity index (χ0) is 18.6. The molecule has 0 fully saturated rings. The molecule has 1 heterocycles. The molecule has 0 atom stereocenters. The molecule has 1 aromatic carbocycles. The van der Waals surface area contributed by atoms with Crippen LogP contribution in [-0.2, 0) is 23.4 Å². The third-order valence-electron chi connectivity index (χ3n) is 4.42. The van der Waals surface area contributed by atoms with Gasteiger partial charge in [0.25, 0.3) is 0 Å². The normalized spacial score (nSPS) is 12.2. The van der Waals surface area contributed by atoms with E-state index < -0.39 is 0 Å². The molecular weight excluding hydrogens is 317 g/mol. The fraction of sp³-hybridized carbons (Fsp3) is 0.550. The Morgan fingerprint density at radius 2 is 1.84 bits per heavy atom. The largest absolute Gasteiger partial charge is 0.383 e. The highest BCUT2D eigenvalue weighted by Crippen LogP contribution is 2.23. The molecule has 0 amide bonds. The van der Waals surface area contributed by atoms with Gasteiger partial charge >= 0.3 is 0 Å². The van der Waals surface area contributed by atoms with Crippen molar-refractivity contribution in [2.75, 3.05) is 20.3 Å². The van der Waals surface area contributed by atoms with Crippen molar-refractivity contribution in [3.63, 3.8) is 0 Å². The summed E-state index contributed by atoms with van der Waals surface area (Å²) in [5.74, 6) is -0.163. The first-order valence-corrected chi connectivity index (χ1v) is 8.74. The molecule has 0 aliphatic rings. The quantitative estimate of drug-likeness (QED) is 0.757. The lowest BCUT2D eigenvalue weighted by molar-refractivity contribution is 0.139. The average molecular weight is 347 g/mol. The molecule has 0 aliphatic carbocycles. The molecule has 0 bridgehead atoms. The highest BCUT2D eigenvalue weighted by Gasteiger charge is 2.22. The van der Waals surface area contributed by atoms with Crippen LogP contribution in [0.1, 0.15) is 43.3 Å². The van der Waals surface area contributed by atoms with Gasteiger partial charge < -0.3 is 4.74 Å². The van der Waals surface area contributed by atoms with Crippen LogP contribution in [0.3, 0.4) is 0 Å². The van der Waals surface area contributed by atoms with Crippen molar-refractivity contribution < 1.29 is 9.13 Å². The van der Waals surface area contributed by atoms with Gasteiger partial charge in [-0.05, 0) is 40.7 Å². The smallest absolute Gasteiger partial charge is 0.127 e. The van der Waals surface area contributed by atoms with E-state index in [1.165, 1.54) is 17.3 Å². The highest BCUT2D eigenvalue weighted by atomic mass is 19.1. The number of hydrogen-bond acceptors (Lipinski definition) is 3. The standard InChI is InChI=1S/C20H30FN3O/c1-15-18(16(2)24(22-15)20(3,4)5)14-23(11-12-25-6)13-17-9-7-8-10-19(17)21/h7-10H,11-14H2,1-6H3. The van der Waals surface area contributed by atoms with Gasteiger partial charge in [-0.3, -0.25) is 9.58 Å². The fourth-order valence-corrected chi connectivity index (χ4v) is 3.08. The Bertz CT molecular complexity index is 703. The van der Waals surface area contributed by atoms with Gasteiger partial charge in [0, 0.05) is 43.6 Å². The van der Waals surface area contributed by atoms with Crippen LogP contribution >= 0.6 is 0 Å². The van der Waals surface area contributed by atoms with Crippen molar-refractivity contribution in [3.8, 4) is 0 Å². The number of benzene rings is 1. The van der Waals surface area contributed by atoms with E-state index in [4.69, 9.17) is 9.84 Å². The van der Waals surface area contributed by atoms with Crippen LogP contribution in [0.2, 0.25) is 0 Å². The van der Waals surface area contributed by atoms with E-state index in [-0.39, 0.29) is 11.4 Å². The van der Waals surface area contributed by atoms with Crippen molar-refractivity contribution in [1.29, 1.82) is 0 Å². The van der Waals surface area contributed by atoms with Crippen LogP contribution in [0.5, 0.6) is 0 Å². The molecule has 25 heavy (non-hydrogen) atoms. The van der Waals surface area contributed by atoms with E-state index in [0.717, 1.165) is 18.8 Å². The Kier molecular flexibility index (Phi) is 6.36. The Balaban J connectivity index is 2.25. The second-order valence-corrected chi connectivity index (χ2v) is 7.53. The maximum atomic E-state index is 14.1. The molecule has 0 radical (unpaired) electrons. The number of nitrogens with zero attached hydrogens (tertiary/aromatic N) is 3. The Morgan fingerprint density at radius 3 is 2.40 bits per heavy atom. The van der Waals surface area contributed by atoms with Crippen molar-refractivity contribution in [2.45, 2.75) is 53.2 Å². The summed E-state index contributed by atoms with van der Waals surface area (Å²) in [7, 11) is 1.69. The summed E-state index contributed by atoms with van der Waals surface area (Å²) in [5, 5.41) is 4.72. The minimum Gasteiger partial charge on any atom is -0.383 e. The molecule has 0 aliphatic heterocycles. The predicted molar refractivity (Wildman–Crippen MR) is 99.1 cm³/mol. The third kappa shape index (κ3) is 4.89. The zero-order valence-electron chi connectivity index (χ0n) is 16.3. The van der Waals surface area contributed by atoms with Gasteiger partial charge in [-0.2, -0.15) is 5.10 Å². The molecule has 0 saturated heterocycles. The molecule has 0 spiro atoms. The second kappa shape index (κ2) is 8.11. The summed E-state index contributed by atoms with van der Waals surface area (Å²) in [4.78, 5) is 2.21. The monoisotopic (exact) mass is 347 g/mol. The molecule has 1 aromatic heterocycles. The average Bonchev–Trinajstić information content (AvgIpc) is 2.82. The Hall–Kier alpha value is -1.72. The van der Waals surface area contributed by atoms with Crippen molar-refractivity contribution >= 4 is 0 Å². The highest BCUT2D eigenvalue weighted by molar-refractivity contribution is 5.26. The van der Waals surface area contributed by atoms with Crippen molar-refractivity contribution in [1.82, 2.24) is 14.7 Å². The van der Waals surface area contributed by atoms with E-state index in [9.17, 15) is 4.39 Å². The van der Waals surface area contributed by atoms with Gasteiger partial charge in [0.15, 0.2) is 0 Å². The van der Waals surface area contributed by atoms with Gasteiger partial charge in [0.1, 0.15) is 5.82 Å². The first kappa shape index (κ1) is 19.6. The number of rotatable bonds is 7. The zero-order valence-corrected chi connectivity index (χ0v) is 16.3. The van der Waals surface area contributed by atoms with Crippen LogP contribution in [-0.4, -0.2) is 34.9 Å². The first-order chi connectivity index (χ1) is 11.7. The number of methoxy groups -OCH3 is 1.